The molecule has 2 N–H and O–H groups in total. The summed E-state index contributed by atoms with van der Waals surface area (Å²) in [6.45, 7) is 4.22. The van der Waals surface area contributed by atoms with Crippen LogP contribution >= 0.6 is 12.4 Å². The van der Waals surface area contributed by atoms with Gasteiger partial charge in [0.1, 0.15) is 11.6 Å². The first-order chi connectivity index (χ1) is 10.6. The van der Waals surface area contributed by atoms with E-state index in [1.807, 2.05) is 24.3 Å². The summed E-state index contributed by atoms with van der Waals surface area (Å²) in [7, 11) is 0. The maximum absolute atomic E-state index is 9.74. The molecule has 2 aromatic carbocycles. The molecule has 2 aromatic rings. The van der Waals surface area contributed by atoms with E-state index in [0.717, 1.165) is 17.8 Å². The smallest absolute Gasteiger partial charge is 0.149 e. The molecule has 120 valence electrons. The van der Waals surface area contributed by atoms with Gasteiger partial charge in [0.15, 0.2) is 0 Å². The molecule has 0 aliphatic carbocycles. The first-order valence-corrected chi connectivity index (χ1v) is 7.30. The van der Waals surface area contributed by atoms with Gasteiger partial charge in [0.05, 0.1) is 11.8 Å². The molecule has 1 aliphatic rings. The maximum atomic E-state index is 9.74. The zero-order chi connectivity index (χ0) is 15.6. The first-order valence-electron chi connectivity index (χ1n) is 7.30. The Bertz CT molecular complexity index is 753. The van der Waals surface area contributed by atoms with E-state index in [4.69, 9.17) is 4.99 Å². The lowest BCUT2D eigenvalue weighted by Crippen LogP contribution is -2.34. The number of amidine groups is 1. The summed E-state index contributed by atoms with van der Waals surface area (Å²) in [6, 6.07) is 15.3. The van der Waals surface area contributed by atoms with Crippen LogP contribution in [0.15, 0.2) is 58.6 Å². The fraction of sp³-hybridized carbons (Fsp3) is 0.222. The van der Waals surface area contributed by atoms with Crippen LogP contribution in [0.5, 0.6) is 5.75 Å². The van der Waals surface area contributed by atoms with E-state index in [2.05, 4.69) is 30.4 Å². The molecule has 0 saturated carbocycles. The summed E-state index contributed by atoms with van der Waals surface area (Å²) in [5.41, 5.74) is 5.88. The van der Waals surface area contributed by atoms with E-state index in [-0.39, 0.29) is 23.7 Å². The third kappa shape index (κ3) is 3.90. The molecule has 0 bridgehead atoms. The van der Waals surface area contributed by atoms with Gasteiger partial charge in [0.25, 0.3) is 0 Å². The standard InChI is InChI=1S/C18H19N3O.ClH/c1-18(2)11-13-7-3-5-9-15(13)17(20-18)21-19-12-14-8-4-6-10-16(14)22;/h3-10,12,22H,11H2,1-2H3,(H,20,21);1H. The average Bonchev–Trinajstić information content (AvgIpc) is 2.48. The highest BCUT2D eigenvalue weighted by atomic mass is 35.5. The van der Waals surface area contributed by atoms with Gasteiger partial charge in [-0.05, 0) is 38.0 Å². The van der Waals surface area contributed by atoms with Gasteiger partial charge in [0, 0.05) is 11.1 Å². The molecule has 0 aromatic heterocycles. The van der Waals surface area contributed by atoms with Gasteiger partial charge in [-0.3, -0.25) is 10.4 Å². The Morgan fingerprint density at radius 2 is 1.83 bits per heavy atom. The van der Waals surface area contributed by atoms with Gasteiger partial charge in [-0.2, -0.15) is 5.10 Å². The normalized spacial score (nSPS) is 15.5. The highest BCUT2D eigenvalue weighted by Crippen LogP contribution is 2.25. The SMILES string of the molecule is CC1(C)Cc2ccccc2C(NN=Cc2ccccc2O)=N1.Cl. The summed E-state index contributed by atoms with van der Waals surface area (Å²) < 4.78 is 0. The van der Waals surface area contributed by atoms with Gasteiger partial charge >= 0.3 is 0 Å². The molecule has 3 rings (SSSR count). The fourth-order valence-corrected chi connectivity index (χ4v) is 2.62. The van der Waals surface area contributed by atoms with Crippen molar-refractivity contribution in [1.29, 1.82) is 0 Å². The molecule has 23 heavy (non-hydrogen) atoms. The highest BCUT2D eigenvalue weighted by Gasteiger charge is 2.26. The van der Waals surface area contributed by atoms with E-state index in [0.29, 0.717) is 5.56 Å². The van der Waals surface area contributed by atoms with Crippen LogP contribution in [0.2, 0.25) is 0 Å². The lowest BCUT2D eigenvalue weighted by Gasteiger charge is -2.28. The molecule has 1 aliphatic heterocycles. The Morgan fingerprint density at radius 3 is 2.61 bits per heavy atom. The summed E-state index contributed by atoms with van der Waals surface area (Å²) in [4.78, 5) is 4.74. The van der Waals surface area contributed by atoms with Crippen molar-refractivity contribution in [2.24, 2.45) is 10.1 Å². The molecule has 1 heterocycles. The van der Waals surface area contributed by atoms with E-state index in [1.165, 1.54) is 5.56 Å². The van der Waals surface area contributed by atoms with Crippen molar-refractivity contribution in [3.8, 4) is 5.75 Å². The van der Waals surface area contributed by atoms with Crippen molar-refractivity contribution < 1.29 is 5.11 Å². The van der Waals surface area contributed by atoms with Crippen LogP contribution in [-0.4, -0.2) is 22.7 Å². The Hall–Kier alpha value is -2.33. The minimum Gasteiger partial charge on any atom is -0.507 e. The second kappa shape index (κ2) is 6.84. The number of hydrogen-bond acceptors (Lipinski definition) is 4. The molecular formula is C18H20ClN3O. The predicted octanol–water partition coefficient (Wildman–Crippen LogP) is 3.52. The minimum absolute atomic E-state index is 0. The van der Waals surface area contributed by atoms with Gasteiger partial charge in [-0.25, -0.2) is 0 Å². The predicted molar refractivity (Wildman–Crippen MR) is 96.8 cm³/mol. The summed E-state index contributed by atoms with van der Waals surface area (Å²) in [6.07, 6.45) is 2.51. The number of fused-ring (bicyclic) bond motifs is 1. The third-order valence-corrected chi connectivity index (χ3v) is 3.62. The average molecular weight is 330 g/mol. The van der Waals surface area contributed by atoms with Crippen LogP contribution in [0.4, 0.5) is 0 Å². The number of benzene rings is 2. The van der Waals surface area contributed by atoms with Crippen LogP contribution in [0.25, 0.3) is 0 Å². The number of nitrogens with one attached hydrogen (secondary N) is 1. The molecule has 0 radical (unpaired) electrons. The number of hydrazone groups is 1. The molecule has 0 saturated heterocycles. The Labute approximate surface area is 142 Å². The summed E-state index contributed by atoms with van der Waals surface area (Å²) >= 11 is 0. The van der Waals surface area contributed by atoms with E-state index >= 15 is 0 Å². The molecule has 0 fully saturated rings. The number of aromatic hydroxyl groups is 1. The van der Waals surface area contributed by atoms with Gasteiger partial charge in [0.2, 0.25) is 0 Å². The van der Waals surface area contributed by atoms with Crippen molar-refractivity contribution >= 4 is 24.5 Å². The van der Waals surface area contributed by atoms with Crippen LogP contribution in [-0.2, 0) is 6.42 Å². The molecule has 0 unspecified atom stereocenters. The van der Waals surface area contributed by atoms with Crippen molar-refractivity contribution in [2.75, 3.05) is 0 Å². The number of nitrogens with zero attached hydrogens (tertiary/aromatic N) is 2. The lowest BCUT2D eigenvalue weighted by atomic mass is 9.89. The molecular weight excluding hydrogens is 310 g/mol. The Balaban J connectivity index is 0.00000192. The molecule has 5 heteroatoms. The number of halogens is 1. The van der Waals surface area contributed by atoms with E-state index in [9.17, 15) is 5.11 Å². The van der Waals surface area contributed by atoms with Crippen molar-refractivity contribution in [3.63, 3.8) is 0 Å². The second-order valence-corrected chi connectivity index (χ2v) is 6.04. The molecule has 4 nitrogen and oxygen atoms in total. The number of rotatable bonds is 2. The summed E-state index contributed by atoms with van der Waals surface area (Å²) in [5, 5.41) is 14.0. The Morgan fingerprint density at radius 1 is 1.13 bits per heavy atom. The number of phenolic OH excluding ortho intramolecular Hbond substituents is 1. The number of para-hydroxylation sites is 1. The highest BCUT2D eigenvalue weighted by molar-refractivity contribution is 6.01. The monoisotopic (exact) mass is 329 g/mol. The molecule has 0 amide bonds. The molecule has 0 atom stereocenters. The van der Waals surface area contributed by atoms with Crippen LogP contribution in [0.1, 0.15) is 30.5 Å². The topological polar surface area (TPSA) is 57.0 Å². The number of hydrogen-bond donors (Lipinski definition) is 2. The first kappa shape index (κ1) is 17.0. The van der Waals surface area contributed by atoms with E-state index < -0.39 is 0 Å². The van der Waals surface area contributed by atoms with Gasteiger partial charge in [-0.1, -0.05) is 36.4 Å². The minimum atomic E-state index is -0.152. The fourth-order valence-electron chi connectivity index (χ4n) is 2.62. The quantitative estimate of drug-likeness (QED) is 0.654. The zero-order valence-electron chi connectivity index (χ0n) is 13.2. The number of aliphatic imine (C=N–C) groups is 1. The van der Waals surface area contributed by atoms with Crippen molar-refractivity contribution in [1.82, 2.24) is 5.43 Å². The van der Waals surface area contributed by atoms with Crippen molar-refractivity contribution in [2.45, 2.75) is 25.8 Å². The third-order valence-electron chi connectivity index (χ3n) is 3.62. The largest absolute Gasteiger partial charge is 0.507 e. The van der Waals surface area contributed by atoms with Crippen LogP contribution in [0.3, 0.4) is 0 Å². The van der Waals surface area contributed by atoms with Gasteiger partial charge < -0.3 is 5.11 Å². The summed E-state index contributed by atoms with van der Waals surface area (Å²) in [5.74, 6) is 0.970. The van der Waals surface area contributed by atoms with Gasteiger partial charge in [-0.15, -0.1) is 12.4 Å². The van der Waals surface area contributed by atoms with Crippen molar-refractivity contribution in [3.05, 3.63) is 65.2 Å². The van der Waals surface area contributed by atoms with Crippen LogP contribution < -0.4 is 5.43 Å². The van der Waals surface area contributed by atoms with Crippen LogP contribution in [0, 0.1) is 0 Å². The second-order valence-electron chi connectivity index (χ2n) is 6.04. The lowest BCUT2D eigenvalue weighted by molar-refractivity contribution is 0.474. The maximum Gasteiger partial charge on any atom is 0.149 e. The number of phenols is 1. The molecule has 0 spiro atoms. The van der Waals surface area contributed by atoms with E-state index in [1.54, 1.807) is 24.4 Å². The zero-order valence-corrected chi connectivity index (χ0v) is 14.0. The Kier molecular flexibility index (Phi) is 5.06.